The molecule has 0 saturated heterocycles. The molecule has 0 N–H and O–H groups in total. The van der Waals surface area contributed by atoms with Crippen LogP contribution in [-0.4, -0.2) is 21.1 Å². The second kappa shape index (κ2) is 10.1. The molecule has 1 aliphatic heterocycles. The first kappa shape index (κ1) is 27.1. The average Bonchev–Trinajstić information content (AvgIpc) is 3.84. The fourth-order valence-electron chi connectivity index (χ4n) is 7.00. The molecule has 6 aromatic carbocycles. The number of furan rings is 1. The molecule has 46 heavy (non-hydrogen) atoms. The van der Waals surface area contributed by atoms with Gasteiger partial charge in [0.05, 0.1) is 5.39 Å². The van der Waals surface area contributed by atoms with Gasteiger partial charge in [0, 0.05) is 36.8 Å². The summed E-state index contributed by atoms with van der Waals surface area (Å²) in [7, 11) is 2.03. The Morgan fingerprint density at radius 1 is 0.587 bits per heavy atom. The number of rotatable bonds is 3. The molecule has 0 saturated carbocycles. The van der Waals surface area contributed by atoms with E-state index in [4.69, 9.17) is 4.42 Å². The van der Waals surface area contributed by atoms with Crippen molar-refractivity contribution in [3.63, 3.8) is 0 Å². The maximum Gasteiger partial charge on any atom is 0.137 e. The minimum Gasteiger partial charge on any atom is -0.510 e. The maximum atomic E-state index is 6.33. The fourth-order valence-corrected chi connectivity index (χ4v) is 7.00. The summed E-state index contributed by atoms with van der Waals surface area (Å²) in [5.74, 6) is 0. The number of hydrogen-bond donors (Lipinski definition) is 0. The first-order valence-corrected chi connectivity index (χ1v) is 15.0. The van der Waals surface area contributed by atoms with Gasteiger partial charge in [-0.1, -0.05) is 64.9 Å². The molecule has 6 heteroatoms. The molecule has 0 spiro atoms. The summed E-state index contributed by atoms with van der Waals surface area (Å²) in [6.45, 7) is 2.05. The predicted octanol–water partition coefficient (Wildman–Crippen LogP) is 9.52. The molecule has 4 heterocycles. The smallest absolute Gasteiger partial charge is 0.137 e. The topological polar surface area (TPSA) is 29.5 Å². The van der Waals surface area contributed by atoms with Crippen molar-refractivity contribution in [2.45, 2.75) is 0 Å². The minimum absolute atomic E-state index is 0. The van der Waals surface area contributed by atoms with Gasteiger partial charge in [-0.2, -0.15) is 43.1 Å². The molecule has 224 valence electrons. The van der Waals surface area contributed by atoms with E-state index < -0.39 is 0 Å². The summed E-state index contributed by atoms with van der Waals surface area (Å²) in [5, 5.41) is 6.82. The first-order chi connectivity index (χ1) is 22.2. The number of fused-ring (bicyclic) bond motifs is 10. The van der Waals surface area contributed by atoms with Gasteiger partial charge in [-0.25, -0.2) is 0 Å². The molecule has 0 radical (unpaired) electrons. The van der Waals surface area contributed by atoms with Crippen molar-refractivity contribution in [2.75, 3.05) is 11.9 Å². The van der Waals surface area contributed by atoms with Crippen molar-refractivity contribution in [3.05, 3.63) is 146 Å². The molecule has 1 aliphatic rings. The van der Waals surface area contributed by atoms with Crippen molar-refractivity contribution >= 4 is 71.2 Å². The third-order valence-corrected chi connectivity index (χ3v) is 8.95. The van der Waals surface area contributed by atoms with E-state index in [-0.39, 0.29) is 20.4 Å². The fraction of sp³-hybridized carbons (Fsp3) is 0.0250. The van der Waals surface area contributed by atoms with Crippen LogP contribution in [0.1, 0.15) is 0 Å². The van der Waals surface area contributed by atoms with Crippen molar-refractivity contribution in [1.29, 1.82) is 0 Å². The van der Waals surface area contributed by atoms with Crippen molar-refractivity contribution in [1.82, 2.24) is 14.0 Å². The van der Waals surface area contributed by atoms with E-state index in [1.54, 1.807) is 0 Å². The summed E-state index contributed by atoms with van der Waals surface area (Å²) >= 11 is 0. The summed E-state index contributed by atoms with van der Waals surface area (Å²) in [5.41, 5.74) is 8.86. The van der Waals surface area contributed by atoms with Crippen LogP contribution in [-0.2, 0) is 20.4 Å². The minimum atomic E-state index is 0. The van der Waals surface area contributed by atoms with Crippen molar-refractivity contribution in [3.8, 4) is 11.4 Å². The zero-order chi connectivity index (χ0) is 29.6. The molecule has 0 aliphatic carbocycles. The van der Waals surface area contributed by atoms with E-state index in [1.807, 2.05) is 42.4 Å². The molecule has 0 unspecified atom stereocenters. The summed E-state index contributed by atoms with van der Waals surface area (Å²) in [6, 6.07) is 49.1. The Balaban J connectivity index is 0.00000292. The van der Waals surface area contributed by atoms with Crippen LogP contribution < -0.4 is 4.90 Å². The van der Waals surface area contributed by atoms with Gasteiger partial charge in [0.1, 0.15) is 11.2 Å². The summed E-state index contributed by atoms with van der Waals surface area (Å²) in [4.78, 5) is 4.13. The third kappa shape index (κ3) is 3.78. The Morgan fingerprint density at radius 3 is 2.13 bits per heavy atom. The summed E-state index contributed by atoms with van der Waals surface area (Å²) in [6.07, 6.45) is 4.09. The third-order valence-electron chi connectivity index (χ3n) is 8.95. The Kier molecular flexibility index (Phi) is 5.95. The zero-order valence-corrected chi connectivity index (χ0v) is 26.2. The van der Waals surface area contributed by atoms with Crippen molar-refractivity contribution < 1.29 is 24.8 Å². The van der Waals surface area contributed by atoms with E-state index in [1.165, 1.54) is 5.39 Å². The molecular formula is C40H24N4OPd-4. The van der Waals surface area contributed by atoms with Gasteiger partial charge in [0.25, 0.3) is 0 Å². The second-order valence-electron chi connectivity index (χ2n) is 11.6. The number of anilines is 1. The molecule has 0 amide bonds. The van der Waals surface area contributed by atoms with Crippen LogP contribution in [0.25, 0.3) is 76.9 Å². The van der Waals surface area contributed by atoms with Gasteiger partial charge in [-0.15, -0.1) is 46.8 Å². The molecule has 0 fully saturated rings. The maximum absolute atomic E-state index is 6.33. The van der Waals surface area contributed by atoms with Gasteiger partial charge in [0.2, 0.25) is 0 Å². The van der Waals surface area contributed by atoms with E-state index in [9.17, 15) is 0 Å². The van der Waals surface area contributed by atoms with Crippen LogP contribution in [0.4, 0.5) is 5.69 Å². The van der Waals surface area contributed by atoms with Gasteiger partial charge in [0.15, 0.2) is 0 Å². The van der Waals surface area contributed by atoms with Gasteiger partial charge in [-0.05, 0) is 48.4 Å². The Labute approximate surface area is 278 Å². The number of aromatic nitrogens is 2. The Morgan fingerprint density at radius 2 is 1.30 bits per heavy atom. The van der Waals surface area contributed by atoms with Gasteiger partial charge < -0.3 is 23.4 Å². The SMILES string of the molecule is CN1C=CN(c2[c-]c3c(cc2)c2ccccc2n3-c2[c-]c3c(cc2)c2ccc4oc5ccccc5c4c2n3-c2[c-]cccc2)[CH-]1.[Pd]. The monoisotopic (exact) mass is 682 g/mol. The predicted molar refractivity (Wildman–Crippen MR) is 183 cm³/mol. The number of nitrogens with zero attached hydrogens (tertiary/aromatic N) is 4. The average molecular weight is 683 g/mol. The second-order valence-corrected chi connectivity index (χ2v) is 11.6. The van der Waals surface area contributed by atoms with E-state index in [0.717, 1.165) is 77.2 Å². The molecule has 10 rings (SSSR count). The number of para-hydroxylation sites is 3. The normalized spacial score (nSPS) is 13.3. The van der Waals surface area contributed by atoms with E-state index in [2.05, 4.69) is 130 Å². The van der Waals surface area contributed by atoms with Crippen LogP contribution in [0.3, 0.4) is 0 Å². The molecule has 9 aromatic rings. The Bertz CT molecular complexity index is 2660. The summed E-state index contributed by atoms with van der Waals surface area (Å²) < 4.78 is 10.9. The van der Waals surface area contributed by atoms with Gasteiger partial charge >= 0.3 is 0 Å². The zero-order valence-electron chi connectivity index (χ0n) is 24.6. The largest absolute Gasteiger partial charge is 0.510 e. The van der Waals surface area contributed by atoms with Crippen molar-refractivity contribution in [2.24, 2.45) is 0 Å². The number of hydrogen-bond acceptors (Lipinski definition) is 3. The van der Waals surface area contributed by atoms with Gasteiger partial charge in [-0.3, -0.25) is 0 Å². The molecule has 0 atom stereocenters. The molecule has 5 nitrogen and oxygen atoms in total. The number of benzene rings is 6. The molecule has 0 bridgehead atoms. The molecular weight excluding hydrogens is 659 g/mol. The van der Waals surface area contributed by atoms with Crippen LogP contribution in [0.15, 0.2) is 126 Å². The quantitative estimate of drug-likeness (QED) is 0.137. The standard InChI is InChI=1S/C40H24N4O.Pd/c1-41-21-22-42(25-41)27-15-17-30-29-11-5-7-13-34(29)43(35(30)23-27)28-16-18-31-32-19-20-38-39(33-12-6-8-14-37(33)45-38)40(32)44(36(31)24-28)26-9-3-2-4-10-26;/h2-9,11-22,25H,1H3;/q-4;. The van der Waals surface area contributed by atoms with Crippen LogP contribution >= 0.6 is 0 Å². The van der Waals surface area contributed by atoms with Crippen LogP contribution in [0.2, 0.25) is 0 Å². The van der Waals surface area contributed by atoms with Crippen LogP contribution in [0.5, 0.6) is 0 Å². The van der Waals surface area contributed by atoms with Crippen LogP contribution in [0, 0.1) is 24.9 Å². The van der Waals surface area contributed by atoms with E-state index in [0.29, 0.717) is 0 Å². The van der Waals surface area contributed by atoms with E-state index >= 15 is 0 Å². The first-order valence-electron chi connectivity index (χ1n) is 15.0. The molecule has 3 aromatic heterocycles. The Hall–Kier alpha value is -5.28.